The minimum atomic E-state index is -4.46. The number of nitro groups is 1. The number of nitrogens with zero attached hydrogens (tertiary/aromatic N) is 5. The lowest BCUT2D eigenvalue weighted by atomic mass is 10.1. The number of sulfonamides is 1. The summed E-state index contributed by atoms with van der Waals surface area (Å²) in [6.07, 6.45) is -0.409. The van der Waals surface area contributed by atoms with Gasteiger partial charge in [0.2, 0.25) is 10.0 Å². The average molecular weight is 704 g/mol. The standard InChI is InChI=1S/C37H45N5O7S/c1-37(2,3)49-36(44)40(22-13-25-43)23-24-41(50(47,48)35-21-11-10-20-34(35)42(45)46)29-33-19-12-18-32(38-33)28-39(26-30-14-6-4-7-15-30)27-31-16-8-5-9-17-31/h4-12,14-21,43H,13,22-29H2,1-3H3. The van der Waals surface area contributed by atoms with Crippen LogP contribution in [0.1, 0.15) is 49.7 Å². The van der Waals surface area contributed by atoms with Crippen molar-refractivity contribution in [3.63, 3.8) is 0 Å². The first kappa shape index (κ1) is 38.1. The van der Waals surface area contributed by atoms with Crippen molar-refractivity contribution in [2.75, 3.05) is 26.2 Å². The Morgan fingerprint density at radius 3 is 1.90 bits per heavy atom. The molecule has 50 heavy (non-hydrogen) atoms. The smallest absolute Gasteiger partial charge is 0.410 e. The molecular formula is C37H45N5O7S. The third kappa shape index (κ3) is 11.4. The number of carbonyl (C=O) groups excluding carboxylic acids is 1. The molecule has 1 amide bonds. The largest absolute Gasteiger partial charge is 0.444 e. The van der Waals surface area contributed by atoms with Gasteiger partial charge in [-0.1, -0.05) is 78.9 Å². The van der Waals surface area contributed by atoms with E-state index in [0.29, 0.717) is 25.3 Å². The van der Waals surface area contributed by atoms with Gasteiger partial charge in [0.25, 0.3) is 5.69 Å². The first-order valence-corrected chi connectivity index (χ1v) is 17.9. The molecule has 0 fully saturated rings. The van der Waals surface area contributed by atoms with E-state index in [1.54, 1.807) is 26.8 Å². The number of hydrogen-bond acceptors (Lipinski definition) is 9. The second-order valence-electron chi connectivity index (χ2n) is 12.8. The molecule has 0 saturated heterocycles. The van der Waals surface area contributed by atoms with E-state index in [4.69, 9.17) is 9.72 Å². The summed E-state index contributed by atoms with van der Waals surface area (Å²) in [5.41, 5.74) is 2.07. The number of pyridine rings is 1. The molecule has 0 aliphatic heterocycles. The lowest BCUT2D eigenvalue weighted by molar-refractivity contribution is -0.387. The van der Waals surface area contributed by atoms with E-state index in [0.717, 1.165) is 27.2 Å². The molecule has 1 heterocycles. The van der Waals surface area contributed by atoms with Gasteiger partial charge < -0.3 is 14.7 Å². The van der Waals surface area contributed by atoms with Crippen LogP contribution in [-0.2, 0) is 40.9 Å². The van der Waals surface area contributed by atoms with E-state index in [2.05, 4.69) is 29.2 Å². The van der Waals surface area contributed by atoms with Gasteiger partial charge in [0.1, 0.15) is 5.60 Å². The van der Waals surface area contributed by atoms with E-state index in [-0.39, 0.29) is 39.2 Å². The monoisotopic (exact) mass is 703 g/mol. The first-order chi connectivity index (χ1) is 23.9. The van der Waals surface area contributed by atoms with Gasteiger partial charge in [0, 0.05) is 51.9 Å². The number of aliphatic hydroxyl groups is 1. The molecule has 1 N–H and O–H groups in total. The minimum absolute atomic E-state index is 0.0869. The van der Waals surface area contributed by atoms with Crippen LogP contribution in [0.15, 0.2) is 108 Å². The number of nitro benzene ring substituents is 1. The van der Waals surface area contributed by atoms with Crippen molar-refractivity contribution in [3.05, 3.63) is 136 Å². The Morgan fingerprint density at radius 2 is 1.34 bits per heavy atom. The number of para-hydroxylation sites is 1. The van der Waals surface area contributed by atoms with Crippen LogP contribution in [0.4, 0.5) is 10.5 Å². The van der Waals surface area contributed by atoms with E-state index < -0.39 is 37.2 Å². The summed E-state index contributed by atoms with van der Waals surface area (Å²) >= 11 is 0. The second kappa shape index (κ2) is 17.8. The maximum absolute atomic E-state index is 14.2. The highest BCUT2D eigenvalue weighted by Gasteiger charge is 2.33. The van der Waals surface area contributed by atoms with Crippen molar-refractivity contribution in [2.45, 2.75) is 63.9 Å². The molecule has 13 heteroatoms. The summed E-state index contributed by atoms with van der Waals surface area (Å²) in [6, 6.07) is 30.8. The molecular weight excluding hydrogens is 659 g/mol. The summed E-state index contributed by atoms with van der Waals surface area (Å²) in [5.74, 6) is 0. The number of hydrogen-bond donors (Lipinski definition) is 1. The first-order valence-electron chi connectivity index (χ1n) is 16.4. The van der Waals surface area contributed by atoms with Crippen LogP contribution in [0.5, 0.6) is 0 Å². The zero-order chi connectivity index (χ0) is 36.1. The van der Waals surface area contributed by atoms with Crippen molar-refractivity contribution < 1.29 is 28.0 Å². The normalized spacial score (nSPS) is 11.9. The van der Waals surface area contributed by atoms with E-state index in [9.17, 15) is 28.4 Å². The molecule has 0 atom stereocenters. The van der Waals surface area contributed by atoms with E-state index in [1.807, 2.05) is 48.5 Å². The van der Waals surface area contributed by atoms with Gasteiger partial charge >= 0.3 is 6.09 Å². The fraction of sp³-hybridized carbons (Fsp3) is 0.351. The highest BCUT2D eigenvalue weighted by molar-refractivity contribution is 7.89. The molecule has 0 unspecified atom stereocenters. The Kier molecular flexibility index (Phi) is 13.6. The minimum Gasteiger partial charge on any atom is -0.444 e. The Hall–Kier alpha value is -4.69. The van der Waals surface area contributed by atoms with Crippen LogP contribution >= 0.6 is 0 Å². The van der Waals surface area contributed by atoms with Crippen molar-refractivity contribution in [1.29, 1.82) is 0 Å². The van der Waals surface area contributed by atoms with Crippen LogP contribution in [0, 0.1) is 10.1 Å². The number of rotatable bonds is 17. The molecule has 0 saturated carbocycles. The summed E-state index contributed by atoms with van der Waals surface area (Å²) in [7, 11) is -4.46. The maximum Gasteiger partial charge on any atom is 0.410 e. The van der Waals surface area contributed by atoms with E-state index >= 15 is 0 Å². The third-order valence-electron chi connectivity index (χ3n) is 7.62. The molecule has 0 spiro atoms. The van der Waals surface area contributed by atoms with E-state index in [1.165, 1.54) is 23.1 Å². The molecule has 0 radical (unpaired) electrons. The quantitative estimate of drug-likeness (QED) is 0.103. The van der Waals surface area contributed by atoms with Crippen molar-refractivity contribution >= 4 is 21.8 Å². The second-order valence-corrected chi connectivity index (χ2v) is 14.8. The van der Waals surface area contributed by atoms with Gasteiger partial charge in [-0.3, -0.25) is 20.0 Å². The van der Waals surface area contributed by atoms with Gasteiger partial charge in [-0.25, -0.2) is 13.2 Å². The Balaban J connectivity index is 1.64. The van der Waals surface area contributed by atoms with Crippen LogP contribution in [-0.4, -0.2) is 75.5 Å². The van der Waals surface area contributed by atoms with Crippen LogP contribution < -0.4 is 0 Å². The number of carbonyl (C=O) groups is 1. The average Bonchev–Trinajstić information content (AvgIpc) is 3.08. The molecule has 12 nitrogen and oxygen atoms in total. The number of benzene rings is 3. The third-order valence-corrected chi connectivity index (χ3v) is 9.52. The predicted molar refractivity (Wildman–Crippen MR) is 190 cm³/mol. The van der Waals surface area contributed by atoms with Gasteiger partial charge in [-0.05, 0) is 56.5 Å². The zero-order valence-corrected chi connectivity index (χ0v) is 29.5. The molecule has 4 aromatic rings. The Morgan fingerprint density at radius 1 is 0.780 bits per heavy atom. The maximum atomic E-state index is 14.2. The molecule has 0 aliphatic rings. The fourth-order valence-corrected chi connectivity index (χ4v) is 6.89. The van der Waals surface area contributed by atoms with Crippen LogP contribution in [0.25, 0.3) is 0 Å². The summed E-state index contributed by atoms with van der Waals surface area (Å²) < 4.78 is 35.0. The topological polar surface area (TPSA) is 146 Å². The number of aliphatic hydroxyl groups excluding tert-OH is 1. The molecule has 1 aromatic heterocycles. The molecule has 266 valence electrons. The predicted octanol–water partition coefficient (Wildman–Crippen LogP) is 6.00. The van der Waals surface area contributed by atoms with Gasteiger partial charge in [0.05, 0.1) is 22.9 Å². The van der Waals surface area contributed by atoms with Gasteiger partial charge in [0.15, 0.2) is 4.90 Å². The number of aromatic nitrogens is 1. The lowest BCUT2D eigenvalue weighted by Gasteiger charge is -2.29. The fourth-order valence-electron chi connectivity index (χ4n) is 5.33. The molecule has 0 aliphatic carbocycles. The van der Waals surface area contributed by atoms with Crippen LogP contribution in [0.3, 0.4) is 0 Å². The zero-order valence-electron chi connectivity index (χ0n) is 28.7. The van der Waals surface area contributed by atoms with Gasteiger partial charge in [-0.2, -0.15) is 4.31 Å². The summed E-state index contributed by atoms with van der Waals surface area (Å²) in [5, 5.41) is 21.3. The highest BCUT2D eigenvalue weighted by atomic mass is 32.2. The molecule has 0 bridgehead atoms. The van der Waals surface area contributed by atoms with Gasteiger partial charge in [-0.15, -0.1) is 0 Å². The van der Waals surface area contributed by atoms with Crippen LogP contribution in [0.2, 0.25) is 0 Å². The highest BCUT2D eigenvalue weighted by Crippen LogP contribution is 2.27. The number of ether oxygens (including phenoxy) is 1. The van der Waals surface area contributed by atoms with Crippen molar-refractivity contribution in [1.82, 2.24) is 19.1 Å². The Bertz CT molecular complexity index is 1760. The summed E-state index contributed by atoms with van der Waals surface area (Å²) in [6.45, 7) is 6.40. The summed E-state index contributed by atoms with van der Waals surface area (Å²) in [4.78, 5) is 32.2. The number of amides is 1. The SMILES string of the molecule is CC(C)(C)OC(=O)N(CCCO)CCN(Cc1cccc(CN(Cc2ccccc2)Cc2ccccc2)n1)S(=O)(=O)c1ccccc1[N+](=O)[O-]. The van der Waals surface area contributed by atoms with Crippen molar-refractivity contribution in [3.8, 4) is 0 Å². The Labute approximate surface area is 294 Å². The molecule has 4 rings (SSSR count). The van der Waals surface area contributed by atoms with Crippen molar-refractivity contribution in [2.24, 2.45) is 0 Å². The molecule has 3 aromatic carbocycles. The lowest BCUT2D eigenvalue weighted by Crippen LogP contribution is -2.43.